The van der Waals surface area contributed by atoms with Crippen LogP contribution in [0, 0.1) is 5.92 Å². The van der Waals surface area contributed by atoms with Crippen LogP contribution >= 0.6 is 12.4 Å². The summed E-state index contributed by atoms with van der Waals surface area (Å²) in [5.41, 5.74) is 0.250. The normalized spacial score (nSPS) is 21.2. The van der Waals surface area contributed by atoms with E-state index in [0.717, 1.165) is 37.8 Å². The summed E-state index contributed by atoms with van der Waals surface area (Å²) in [6.07, 6.45) is 7.50. The number of aromatic hydroxyl groups is 1. The molecule has 2 saturated heterocycles. The van der Waals surface area contributed by atoms with Crippen molar-refractivity contribution in [1.82, 2.24) is 15.1 Å². The Morgan fingerprint density at radius 1 is 1.05 bits per heavy atom. The van der Waals surface area contributed by atoms with E-state index < -0.39 is 17.7 Å². The van der Waals surface area contributed by atoms with Crippen molar-refractivity contribution in [3.8, 4) is 23.0 Å². The number of hydrogen-bond acceptors (Lipinski definition) is 7. The molecule has 2 atom stereocenters. The number of carbonyl (C=O) groups excluding carboxylic acids is 2. The highest BCUT2D eigenvalue weighted by molar-refractivity contribution is 6.00. The fourth-order valence-electron chi connectivity index (χ4n) is 6.27. The molecule has 10 heteroatoms. The summed E-state index contributed by atoms with van der Waals surface area (Å²) in [4.78, 5) is 31.5. The molecule has 3 aliphatic rings. The van der Waals surface area contributed by atoms with Crippen LogP contribution in [0.25, 0.3) is 0 Å². The van der Waals surface area contributed by atoms with Crippen molar-refractivity contribution in [3.05, 3.63) is 60.2 Å². The zero-order valence-corrected chi connectivity index (χ0v) is 25.1. The largest absolute Gasteiger partial charge is 0.508 e. The van der Waals surface area contributed by atoms with Gasteiger partial charge in [0.15, 0.2) is 11.5 Å². The molecule has 42 heavy (non-hydrogen) atoms. The zero-order valence-electron chi connectivity index (χ0n) is 24.3. The SMILES string of the molecule is CCCCN1C(=O)[C@@H]([C@H](O)C2CC=CC2)NC(=O)C12CCN(Cc1ccc(Oc3ccc(O)cc3OC)cc1)CC2.Cl. The first-order chi connectivity index (χ1) is 19.8. The highest BCUT2D eigenvalue weighted by atomic mass is 35.5. The lowest BCUT2D eigenvalue weighted by Crippen LogP contribution is -2.75. The first-order valence-corrected chi connectivity index (χ1v) is 14.7. The minimum Gasteiger partial charge on any atom is -0.508 e. The quantitative estimate of drug-likeness (QED) is 0.347. The zero-order chi connectivity index (χ0) is 29.0. The first-order valence-electron chi connectivity index (χ1n) is 14.7. The molecule has 0 radical (unpaired) electrons. The Morgan fingerprint density at radius 2 is 1.74 bits per heavy atom. The minimum absolute atomic E-state index is 0. The molecule has 0 saturated carbocycles. The fourth-order valence-corrected chi connectivity index (χ4v) is 6.27. The van der Waals surface area contributed by atoms with Gasteiger partial charge in [-0.1, -0.05) is 37.6 Å². The van der Waals surface area contributed by atoms with Crippen LogP contribution in [0.3, 0.4) is 0 Å². The van der Waals surface area contributed by atoms with Crippen molar-refractivity contribution in [1.29, 1.82) is 0 Å². The van der Waals surface area contributed by atoms with Gasteiger partial charge in [-0.3, -0.25) is 14.5 Å². The molecule has 3 N–H and O–H groups in total. The second-order valence-corrected chi connectivity index (χ2v) is 11.4. The summed E-state index contributed by atoms with van der Waals surface area (Å²) in [6, 6.07) is 11.7. The average molecular weight is 600 g/mol. The maximum atomic E-state index is 13.7. The van der Waals surface area contributed by atoms with Crippen LogP contribution < -0.4 is 14.8 Å². The summed E-state index contributed by atoms with van der Waals surface area (Å²) >= 11 is 0. The lowest BCUT2D eigenvalue weighted by Gasteiger charge is -2.52. The molecule has 2 heterocycles. The number of ether oxygens (including phenoxy) is 2. The second-order valence-electron chi connectivity index (χ2n) is 11.4. The maximum absolute atomic E-state index is 13.7. The van der Waals surface area contributed by atoms with E-state index >= 15 is 0 Å². The highest BCUT2D eigenvalue weighted by Crippen LogP contribution is 2.37. The summed E-state index contributed by atoms with van der Waals surface area (Å²) in [5.74, 6) is 1.42. The van der Waals surface area contributed by atoms with E-state index in [1.165, 1.54) is 13.2 Å². The van der Waals surface area contributed by atoms with Crippen LogP contribution in [0.15, 0.2) is 54.6 Å². The van der Waals surface area contributed by atoms with Crippen molar-refractivity contribution >= 4 is 24.2 Å². The molecule has 1 spiro atoms. The number of methoxy groups -OCH3 is 1. The van der Waals surface area contributed by atoms with Gasteiger partial charge in [0.2, 0.25) is 11.8 Å². The summed E-state index contributed by atoms with van der Waals surface area (Å²) in [6.45, 7) is 4.71. The molecule has 228 valence electrons. The summed E-state index contributed by atoms with van der Waals surface area (Å²) in [7, 11) is 1.53. The van der Waals surface area contributed by atoms with Crippen molar-refractivity contribution in [3.63, 3.8) is 0 Å². The Balaban J connectivity index is 0.00000405. The number of phenolic OH excluding ortho intramolecular Hbond substituents is 1. The van der Waals surface area contributed by atoms with Crippen molar-refractivity contribution in [2.24, 2.45) is 5.92 Å². The van der Waals surface area contributed by atoms with E-state index in [1.807, 2.05) is 36.4 Å². The molecule has 2 aromatic rings. The van der Waals surface area contributed by atoms with Gasteiger partial charge in [0.05, 0.1) is 13.2 Å². The molecular formula is C32H42ClN3O6. The number of hydrogen-bond donors (Lipinski definition) is 3. The Hall–Kier alpha value is -3.27. The smallest absolute Gasteiger partial charge is 0.248 e. The number of nitrogens with one attached hydrogen (secondary N) is 1. The number of piperidine rings is 1. The van der Waals surface area contributed by atoms with E-state index in [4.69, 9.17) is 9.47 Å². The molecular weight excluding hydrogens is 558 g/mol. The van der Waals surface area contributed by atoms with Gasteiger partial charge in [-0.2, -0.15) is 0 Å². The van der Waals surface area contributed by atoms with Gasteiger partial charge in [0.25, 0.3) is 0 Å². The van der Waals surface area contributed by atoms with Crippen molar-refractivity contribution < 1.29 is 29.3 Å². The minimum atomic E-state index is -0.884. The van der Waals surface area contributed by atoms with E-state index in [9.17, 15) is 19.8 Å². The predicted octanol–water partition coefficient (Wildman–Crippen LogP) is 4.40. The number of rotatable bonds is 10. The van der Waals surface area contributed by atoms with E-state index in [0.29, 0.717) is 49.7 Å². The number of piperazine rings is 1. The topological polar surface area (TPSA) is 112 Å². The van der Waals surface area contributed by atoms with E-state index in [-0.39, 0.29) is 35.9 Å². The number of nitrogens with zero attached hydrogens (tertiary/aromatic N) is 2. The fraction of sp³-hybridized carbons (Fsp3) is 0.500. The summed E-state index contributed by atoms with van der Waals surface area (Å²) < 4.78 is 11.2. The Morgan fingerprint density at radius 3 is 2.38 bits per heavy atom. The van der Waals surface area contributed by atoms with Gasteiger partial charge < -0.3 is 29.9 Å². The molecule has 2 aromatic carbocycles. The molecule has 0 aromatic heterocycles. The third kappa shape index (κ3) is 6.53. The van der Waals surface area contributed by atoms with Crippen LogP contribution in [0.2, 0.25) is 0 Å². The lowest BCUT2D eigenvalue weighted by atomic mass is 9.79. The number of carbonyl (C=O) groups is 2. The number of aliphatic hydroxyl groups is 1. The van der Waals surface area contributed by atoms with Crippen LogP contribution in [-0.2, 0) is 16.1 Å². The Labute approximate surface area is 253 Å². The van der Waals surface area contributed by atoms with Gasteiger partial charge in [-0.25, -0.2) is 0 Å². The molecule has 9 nitrogen and oxygen atoms in total. The van der Waals surface area contributed by atoms with Crippen molar-refractivity contribution in [2.75, 3.05) is 26.7 Å². The van der Waals surface area contributed by atoms with E-state index in [2.05, 4.69) is 17.1 Å². The number of halogens is 1. The number of likely N-dealkylation sites (tertiary alicyclic amines) is 1. The average Bonchev–Trinajstić information content (AvgIpc) is 3.53. The molecule has 2 aliphatic heterocycles. The van der Waals surface area contributed by atoms with Crippen LogP contribution in [-0.4, -0.2) is 76.3 Å². The van der Waals surface area contributed by atoms with Crippen LogP contribution in [0.4, 0.5) is 0 Å². The lowest BCUT2D eigenvalue weighted by molar-refractivity contribution is -0.165. The molecule has 5 rings (SSSR count). The van der Waals surface area contributed by atoms with Gasteiger partial charge in [-0.05, 0) is 67.9 Å². The van der Waals surface area contributed by atoms with Crippen LogP contribution in [0.5, 0.6) is 23.0 Å². The van der Waals surface area contributed by atoms with Crippen molar-refractivity contribution in [2.45, 2.75) is 69.7 Å². The van der Waals surface area contributed by atoms with Crippen LogP contribution in [0.1, 0.15) is 51.0 Å². The Bertz CT molecular complexity index is 1250. The maximum Gasteiger partial charge on any atom is 0.248 e. The molecule has 2 fully saturated rings. The summed E-state index contributed by atoms with van der Waals surface area (Å²) in [5, 5.41) is 23.6. The molecule has 0 bridgehead atoms. The number of aliphatic hydroxyl groups excluding tert-OH is 1. The first kappa shape index (κ1) is 31.7. The third-order valence-electron chi connectivity index (χ3n) is 8.75. The number of benzene rings is 2. The standard InChI is InChI=1S/C32H41N3O6.ClH/c1-3-4-17-35-30(38)28(29(37)23-7-5-6-8-23)33-31(39)32(35)15-18-34(19-16-32)21-22-9-12-25(13-10-22)41-26-14-11-24(36)20-27(26)40-2;/h5-6,9-14,20,23,28-29,36-37H,3-4,7-8,15-19,21H2,1-2H3,(H,33,39);1H/t28-,29-;/m1./s1. The second kappa shape index (κ2) is 13.8. The van der Waals surface area contributed by atoms with E-state index in [1.54, 1.807) is 17.0 Å². The third-order valence-corrected chi connectivity index (χ3v) is 8.75. The van der Waals surface area contributed by atoms with Gasteiger partial charge in [0, 0.05) is 32.2 Å². The molecule has 0 unspecified atom stereocenters. The predicted molar refractivity (Wildman–Crippen MR) is 162 cm³/mol. The van der Waals surface area contributed by atoms with Gasteiger partial charge >= 0.3 is 0 Å². The van der Waals surface area contributed by atoms with Gasteiger partial charge in [-0.15, -0.1) is 12.4 Å². The van der Waals surface area contributed by atoms with Gasteiger partial charge in [0.1, 0.15) is 23.1 Å². The number of amides is 2. The molecule has 1 aliphatic carbocycles. The highest BCUT2D eigenvalue weighted by Gasteiger charge is 2.55. The monoisotopic (exact) mass is 599 g/mol. The number of unbranched alkanes of at least 4 members (excludes halogenated alkanes) is 1. The number of phenols is 1. The Kier molecular flexibility index (Phi) is 10.4. The molecule has 2 amide bonds. The number of allylic oxidation sites excluding steroid dienone is 2.